The first kappa shape index (κ1) is 10.4. The van der Waals surface area contributed by atoms with Crippen molar-refractivity contribution in [1.82, 2.24) is 5.09 Å². The molecule has 1 N–H and O–H groups in total. The summed E-state index contributed by atoms with van der Waals surface area (Å²) in [6, 6.07) is 0. The van der Waals surface area contributed by atoms with Gasteiger partial charge in [0.15, 0.2) is 0 Å². The highest BCUT2D eigenvalue weighted by molar-refractivity contribution is 7.51. The SMILES string of the molecule is COP(=O)(NCCCl)OC. The summed E-state index contributed by atoms with van der Waals surface area (Å²) in [6.45, 7) is 0.403. The molecule has 0 unspecified atom stereocenters. The van der Waals surface area contributed by atoms with Crippen molar-refractivity contribution in [2.24, 2.45) is 0 Å². The van der Waals surface area contributed by atoms with E-state index in [4.69, 9.17) is 11.6 Å². The van der Waals surface area contributed by atoms with Gasteiger partial charge in [-0.1, -0.05) is 0 Å². The van der Waals surface area contributed by atoms with Crippen LogP contribution in [-0.4, -0.2) is 26.6 Å². The Morgan fingerprint density at radius 1 is 1.50 bits per heavy atom. The molecule has 0 radical (unpaired) electrons. The molecule has 10 heavy (non-hydrogen) atoms. The van der Waals surface area contributed by atoms with Crippen LogP contribution in [0, 0.1) is 0 Å². The Hall–Kier alpha value is 0.400. The summed E-state index contributed by atoms with van der Waals surface area (Å²) < 4.78 is 20.2. The molecule has 0 aromatic carbocycles. The van der Waals surface area contributed by atoms with Crippen LogP contribution < -0.4 is 5.09 Å². The first-order valence-corrected chi connectivity index (χ1v) is 4.79. The minimum Gasteiger partial charge on any atom is -0.300 e. The fourth-order valence-electron chi connectivity index (χ4n) is 0.383. The normalized spacial score (nSPS) is 11.9. The molecule has 0 spiro atoms. The van der Waals surface area contributed by atoms with Crippen molar-refractivity contribution in [2.45, 2.75) is 0 Å². The molecule has 0 amide bonds. The van der Waals surface area contributed by atoms with Gasteiger partial charge in [0.25, 0.3) is 0 Å². The van der Waals surface area contributed by atoms with E-state index in [1.165, 1.54) is 14.2 Å². The van der Waals surface area contributed by atoms with Gasteiger partial charge in [-0.05, 0) is 0 Å². The van der Waals surface area contributed by atoms with Crippen molar-refractivity contribution in [2.75, 3.05) is 26.6 Å². The van der Waals surface area contributed by atoms with Crippen LogP contribution in [0.1, 0.15) is 0 Å². The fourth-order valence-corrected chi connectivity index (χ4v) is 1.40. The van der Waals surface area contributed by atoms with Crippen molar-refractivity contribution < 1.29 is 13.6 Å². The summed E-state index contributed by atoms with van der Waals surface area (Å²) in [5, 5.41) is 2.52. The number of rotatable bonds is 5. The van der Waals surface area contributed by atoms with Gasteiger partial charge in [0.1, 0.15) is 0 Å². The highest BCUT2D eigenvalue weighted by atomic mass is 35.5. The molecule has 0 rings (SSSR count). The second kappa shape index (κ2) is 5.10. The quantitative estimate of drug-likeness (QED) is 0.519. The first-order chi connectivity index (χ1) is 4.68. The van der Waals surface area contributed by atoms with E-state index in [0.717, 1.165) is 0 Å². The van der Waals surface area contributed by atoms with E-state index in [1.54, 1.807) is 0 Å². The number of hydrogen-bond donors (Lipinski definition) is 1. The average Bonchev–Trinajstić information content (AvgIpc) is 2.00. The monoisotopic (exact) mass is 187 g/mol. The standard InChI is InChI=1S/C4H11ClNO3P/c1-8-10(7,9-2)6-4-3-5/h3-4H2,1-2H3,(H,6,7). The summed E-state index contributed by atoms with van der Waals surface area (Å²) >= 11 is 5.33. The Bertz CT molecular complexity index is 124. The van der Waals surface area contributed by atoms with Crippen LogP contribution in [0.4, 0.5) is 0 Å². The zero-order valence-electron chi connectivity index (χ0n) is 5.96. The van der Waals surface area contributed by atoms with Gasteiger partial charge in [0, 0.05) is 26.6 Å². The van der Waals surface area contributed by atoms with Crippen molar-refractivity contribution in [1.29, 1.82) is 0 Å². The molecule has 0 aromatic heterocycles. The number of nitrogens with one attached hydrogen (secondary N) is 1. The van der Waals surface area contributed by atoms with E-state index in [9.17, 15) is 4.57 Å². The third-order valence-corrected chi connectivity index (χ3v) is 2.64. The lowest BCUT2D eigenvalue weighted by Crippen LogP contribution is -2.14. The lowest BCUT2D eigenvalue weighted by atomic mass is 10.8. The molecule has 0 aliphatic heterocycles. The molecule has 0 aliphatic carbocycles. The van der Waals surface area contributed by atoms with E-state index >= 15 is 0 Å². The molecule has 0 saturated carbocycles. The molecule has 0 aromatic rings. The van der Waals surface area contributed by atoms with Crippen LogP contribution in [0.5, 0.6) is 0 Å². The van der Waals surface area contributed by atoms with Gasteiger partial charge < -0.3 is 9.05 Å². The first-order valence-electron chi connectivity index (χ1n) is 2.71. The zero-order chi connectivity index (χ0) is 8.04. The summed E-state index contributed by atoms with van der Waals surface area (Å²) in [7, 11) is -0.410. The Balaban J connectivity index is 3.70. The number of alkyl halides is 1. The smallest absolute Gasteiger partial charge is 0.300 e. The maximum Gasteiger partial charge on any atom is 0.405 e. The molecule has 0 fully saturated rings. The maximum atomic E-state index is 11.1. The minimum absolute atomic E-state index is 0.372. The van der Waals surface area contributed by atoms with Crippen LogP contribution in [-0.2, 0) is 13.6 Å². The number of hydrogen-bond acceptors (Lipinski definition) is 3. The van der Waals surface area contributed by atoms with E-state index in [2.05, 4.69) is 14.1 Å². The van der Waals surface area contributed by atoms with E-state index in [1.807, 2.05) is 0 Å². The number of halogens is 1. The van der Waals surface area contributed by atoms with Crippen molar-refractivity contribution in [3.05, 3.63) is 0 Å². The Morgan fingerprint density at radius 3 is 2.30 bits per heavy atom. The lowest BCUT2D eigenvalue weighted by Gasteiger charge is -2.12. The van der Waals surface area contributed by atoms with Crippen LogP contribution in [0.25, 0.3) is 0 Å². The van der Waals surface area contributed by atoms with Gasteiger partial charge in [0.2, 0.25) is 0 Å². The Morgan fingerprint density at radius 2 is 2.00 bits per heavy atom. The molecular weight excluding hydrogens is 176 g/mol. The predicted octanol–water partition coefficient (Wildman–Crippen LogP) is 1.22. The molecule has 0 heterocycles. The summed E-state index contributed by atoms with van der Waals surface area (Å²) in [5.41, 5.74) is 0. The highest BCUT2D eigenvalue weighted by Crippen LogP contribution is 2.40. The topological polar surface area (TPSA) is 47.6 Å². The third-order valence-electron chi connectivity index (χ3n) is 0.881. The van der Waals surface area contributed by atoms with Crippen LogP contribution in [0.2, 0.25) is 0 Å². The molecule has 0 atom stereocenters. The van der Waals surface area contributed by atoms with Gasteiger partial charge in [0.05, 0.1) is 0 Å². The van der Waals surface area contributed by atoms with Crippen molar-refractivity contribution >= 4 is 19.3 Å². The largest absolute Gasteiger partial charge is 0.405 e. The van der Waals surface area contributed by atoms with Gasteiger partial charge in [-0.3, -0.25) is 0 Å². The molecule has 0 saturated heterocycles. The van der Waals surface area contributed by atoms with E-state index in [0.29, 0.717) is 12.4 Å². The Labute approximate surface area is 65.4 Å². The second-order valence-corrected chi connectivity index (χ2v) is 3.88. The van der Waals surface area contributed by atoms with Gasteiger partial charge in [-0.2, -0.15) is 0 Å². The van der Waals surface area contributed by atoms with E-state index in [-0.39, 0.29) is 0 Å². The lowest BCUT2D eigenvalue weighted by molar-refractivity contribution is 0.265. The third kappa shape index (κ3) is 3.54. The maximum absolute atomic E-state index is 11.1. The average molecular weight is 188 g/mol. The van der Waals surface area contributed by atoms with Crippen molar-refractivity contribution in [3.63, 3.8) is 0 Å². The van der Waals surface area contributed by atoms with Crippen LogP contribution in [0.15, 0.2) is 0 Å². The molecule has 0 aliphatic rings. The summed E-state index contributed by atoms with van der Waals surface area (Å²) in [4.78, 5) is 0. The molecule has 0 bridgehead atoms. The predicted molar refractivity (Wildman–Crippen MR) is 40.3 cm³/mol. The fraction of sp³-hybridized carbons (Fsp3) is 1.00. The molecule has 62 valence electrons. The molecular formula is C4H11ClNO3P. The van der Waals surface area contributed by atoms with Gasteiger partial charge in [-0.25, -0.2) is 9.65 Å². The van der Waals surface area contributed by atoms with Crippen LogP contribution in [0.3, 0.4) is 0 Å². The van der Waals surface area contributed by atoms with Crippen LogP contribution >= 0.6 is 19.3 Å². The zero-order valence-corrected chi connectivity index (χ0v) is 7.61. The summed E-state index contributed by atoms with van der Waals surface area (Å²) in [6.07, 6.45) is 0. The molecule has 4 nitrogen and oxygen atoms in total. The second-order valence-electron chi connectivity index (χ2n) is 1.46. The van der Waals surface area contributed by atoms with E-state index < -0.39 is 7.75 Å². The van der Waals surface area contributed by atoms with Gasteiger partial charge in [-0.15, -0.1) is 11.6 Å². The highest BCUT2D eigenvalue weighted by Gasteiger charge is 2.18. The minimum atomic E-state index is -3.03. The Kier molecular flexibility index (Phi) is 5.31. The van der Waals surface area contributed by atoms with Gasteiger partial charge >= 0.3 is 7.75 Å². The molecule has 6 heteroatoms. The van der Waals surface area contributed by atoms with Crippen molar-refractivity contribution in [3.8, 4) is 0 Å². The summed E-state index contributed by atoms with van der Waals surface area (Å²) in [5.74, 6) is 0.372.